The molecule has 1 N–H and O–H groups in total. The van der Waals surface area contributed by atoms with Crippen LogP contribution in [0.5, 0.6) is 0 Å². The minimum absolute atomic E-state index is 0.0181. The van der Waals surface area contributed by atoms with Gasteiger partial charge in [-0.1, -0.05) is 23.7 Å². The molecule has 3 aromatic rings. The summed E-state index contributed by atoms with van der Waals surface area (Å²) < 4.78 is 13.0. The van der Waals surface area contributed by atoms with Crippen molar-refractivity contribution >= 4 is 23.1 Å². The molecule has 2 heterocycles. The maximum absolute atomic E-state index is 13.0. The smallest absolute Gasteiger partial charge is 0.194 e. The van der Waals surface area contributed by atoms with Crippen molar-refractivity contribution in [3.63, 3.8) is 0 Å². The molecule has 0 aliphatic carbocycles. The Bertz CT molecular complexity index is 1090. The van der Waals surface area contributed by atoms with E-state index in [4.69, 9.17) is 11.6 Å². The number of anilines is 1. The minimum Gasteiger partial charge on any atom is -0.396 e. The second-order valence-corrected chi connectivity index (χ2v) is 8.64. The van der Waals surface area contributed by atoms with Crippen LogP contribution in [-0.2, 0) is 12.8 Å². The Morgan fingerprint density at radius 1 is 1.16 bits per heavy atom. The summed E-state index contributed by atoms with van der Waals surface area (Å²) in [7, 11) is 0. The molecule has 6 heteroatoms. The Morgan fingerprint density at radius 2 is 2.00 bits per heavy atom. The van der Waals surface area contributed by atoms with Crippen LogP contribution in [0.15, 0.2) is 60.8 Å². The number of aromatic nitrogens is 1. The van der Waals surface area contributed by atoms with Gasteiger partial charge >= 0.3 is 0 Å². The first kappa shape index (κ1) is 22.4. The van der Waals surface area contributed by atoms with E-state index in [0.717, 1.165) is 49.3 Å². The van der Waals surface area contributed by atoms with E-state index < -0.39 is 0 Å². The number of aryl methyl sites for hydroxylation is 1. The highest BCUT2D eigenvalue weighted by atomic mass is 35.5. The van der Waals surface area contributed by atoms with Crippen molar-refractivity contribution in [1.29, 1.82) is 0 Å². The van der Waals surface area contributed by atoms with Crippen molar-refractivity contribution in [3.8, 4) is 0 Å². The van der Waals surface area contributed by atoms with Crippen LogP contribution in [0.4, 0.5) is 10.1 Å². The van der Waals surface area contributed by atoms with E-state index in [-0.39, 0.29) is 18.2 Å². The molecule has 0 bridgehead atoms. The molecule has 4 nitrogen and oxygen atoms in total. The zero-order chi connectivity index (χ0) is 22.5. The van der Waals surface area contributed by atoms with E-state index in [2.05, 4.69) is 9.88 Å². The molecule has 166 valence electrons. The summed E-state index contributed by atoms with van der Waals surface area (Å²) in [6, 6.07) is 16.0. The Labute approximate surface area is 192 Å². The van der Waals surface area contributed by atoms with Crippen LogP contribution in [0.3, 0.4) is 0 Å². The van der Waals surface area contributed by atoms with Crippen molar-refractivity contribution in [2.24, 2.45) is 5.92 Å². The Morgan fingerprint density at radius 3 is 2.75 bits per heavy atom. The first-order valence-corrected chi connectivity index (χ1v) is 11.3. The van der Waals surface area contributed by atoms with Gasteiger partial charge in [-0.05, 0) is 79.6 Å². The molecule has 1 fully saturated rings. The number of aliphatic hydroxyl groups excluding tert-OH is 1. The van der Waals surface area contributed by atoms with E-state index in [1.54, 1.807) is 30.3 Å². The van der Waals surface area contributed by atoms with Gasteiger partial charge in [0.15, 0.2) is 5.78 Å². The lowest BCUT2D eigenvalue weighted by Gasteiger charge is -2.23. The Hall–Kier alpha value is -2.76. The summed E-state index contributed by atoms with van der Waals surface area (Å²) >= 11 is 6.21. The van der Waals surface area contributed by atoms with Crippen molar-refractivity contribution in [2.75, 3.05) is 24.6 Å². The predicted octanol–water partition coefficient (Wildman–Crippen LogP) is 5.10. The average molecular weight is 453 g/mol. The van der Waals surface area contributed by atoms with Crippen molar-refractivity contribution in [3.05, 3.63) is 94.0 Å². The van der Waals surface area contributed by atoms with Gasteiger partial charge in [0.1, 0.15) is 5.82 Å². The molecule has 32 heavy (non-hydrogen) atoms. The molecular formula is C26H26ClFN2O2. The number of pyridine rings is 1. The fraction of sp³-hybridized carbons (Fsp3) is 0.308. The number of hydrogen-bond donors (Lipinski definition) is 1. The molecule has 0 saturated carbocycles. The van der Waals surface area contributed by atoms with Crippen molar-refractivity contribution < 1.29 is 14.3 Å². The van der Waals surface area contributed by atoms with Crippen LogP contribution in [0.25, 0.3) is 0 Å². The van der Waals surface area contributed by atoms with Gasteiger partial charge in [0.05, 0.1) is 11.2 Å². The molecule has 1 aliphatic heterocycles. The minimum atomic E-state index is -0.311. The Balaban J connectivity index is 1.46. The topological polar surface area (TPSA) is 53.4 Å². The quantitative estimate of drug-likeness (QED) is 0.483. The van der Waals surface area contributed by atoms with Crippen LogP contribution in [-0.4, -0.2) is 35.6 Å². The zero-order valence-electron chi connectivity index (χ0n) is 17.8. The van der Waals surface area contributed by atoms with E-state index >= 15 is 0 Å². The molecule has 1 atom stereocenters. The lowest BCUT2D eigenvalue weighted by Crippen LogP contribution is -2.22. The van der Waals surface area contributed by atoms with Gasteiger partial charge in [0.25, 0.3) is 0 Å². The molecule has 1 aliphatic rings. The fourth-order valence-corrected chi connectivity index (χ4v) is 4.57. The maximum Gasteiger partial charge on any atom is 0.194 e. The number of hydrogen-bond acceptors (Lipinski definition) is 4. The van der Waals surface area contributed by atoms with Gasteiger partial charge < -0.3 is 10.0 Å². The van der Waals surface area contributed by atoms with Crippen molar-refractivity contribution in [2.45, 2.75) is 25.7 Å². The van der Waals surface area contributed by atoms with E-state index in [1.807, 2.05) is 18.2 Å². The number of carbonyl (C=O) groups excluding carboxylic acids is 1. The third kappa shape index (κ3) is 5.17. The average Bonchev–Trinajstić information content (AvgIpc) is 3.27. The molecule has 0 spiro atoms. The maximum atomic E-state index is 13.0. The number of aliphatic hydroxyl groups is 1. The standard InChI is InChI=1S/C26H26ClFN2O2/c27-24-4-2-1-3-23(24)26(32)20-6-10-25(19(15-20)12-14-31)30-13-11-18(17-30)5-8-22-9-7-21(28)16-29-22/h1-4,6-7,9-10,15-16,18,31H,5,8,11-14,17H2/t18-/m0/s1. The molecule has 0 amide bonds. The molecule has 2 aromatic carbocycles. The van der Waals surface area contributed by atoms with Gasteiger partial charge in [-0.2, -0.15) is 0 Å². The third-order valence-electron chi connectivity index (χ3n) is 6.07. The molecule has 0 radical (unpaired) electrons. The van der Waals surface area contributed by atoms with Gasteiger partial charge in [-0.15, -0.1) is 0 Å². The summed E-state index contributed by atoms with van der Waals surface area (Å²) in [5.41, 5.74) is 3.99. The van der Waals surface area contributed by atoms with E-state index in [9.17, 15) is 14.3 Å². The first-order chi connectivity index (χ1) is 15.5. The largest absolute Gasteiger partial charge is 0.396 e. The summed E-state index contributed by atoms with van der Waals surface area (Å²) in [4.78, 5) is 19.4. The van der Waals surface area contributed by atoms with E-state index in [1.165, 1.54) is 12.3 Å². The number of rotatable bonds is 8. The predicted molar refractivity (Wildman–Crippen MR) is 125 cm³/mol. The Kier molecular flexibility index (Phi) is 7.18. The second-order valence-electron chi connectivity index (χ2n) is 8.23. The third-order valence-corrected chi connectivity index (χ3v) is 6.39. The number of benzene rings is 2. The molecule has 1 aromatic heterocycles. The van der Waals surface area contributed by atoms with Crippen LogP contribution in [0.1, 0.15) is 40.0 Å². The van der Waals surface area contributed by atoms with Crippen LogP contribution in [0, 0.1) is 11.7 Å². The number of nitrogens with zero attached hydrogens (tertiary/aromatic N) is 2. The highest BCUT2D eigenvalue weighted by molar-refractivity contribution is 6.35. The number of ketones is 1. The van der Waals surface area contributed by atoms with Gasteiger partial charge in [-0.3, -0.25) is 9.78 Å². The molecule has 0 unspecified atom stereocenters. The van der Waals surface area contributed by atoms with Gasteiger partial charge in [0, 0.05) is 42.2 Å². The molecular weight excluding hydrogens is 427 g/mol. The summed E-state index contributed by atoms with van der Waals surface area (Å²) in [5, 5.41) is 10.0. The molecule has 1 saturated heterocycles. The van der Waals surface area contributed by atoms with Crippen LogP contribution < -0.4 is 4.90 Å². The highest BCUT2D eigenvalue weighted by Gasteiger charge is 2.25. The normalized spacial score (nSPS) is 15.8. The second kappa shape index (κ2) is 10.2. The summed E-state index contributed by atoms with van der Waals surface area (Å²) in [6.45, 7) is 1.86. The fourth-order valence-electron chi connectivity index (χ4n) is 4.35. The zero-order valence-corrected chi connectivity index (χ0v) is 18.6. The summed E-state index contributed by atoms with van der Waals surface area (Å²) in [6.07, 6.45) is 4.64. The summed E-state index contributed by atoms with van der Waals surface area (Å²) in [5.74, 6) is 0.0920. The van der Waals surface area contributed by atoms with Crippen LogP contribution in [0.2, 0.25) is 5.02 Å². The van der Waals surface area contributed by atoms with Gasteiger partial charge in [0.2, 0.25) is 0 Å². The highest BCUT2D eigenvalue weighted by Crippen LogP contribution is 2.31. The van der Waals surface area contributed by atoms with Crippen LogP contribution >= 0.6 is 11.6 Å². The van der Waals surface area contributed by atoms with Crippen molar-refractivity contribution in [1.82, 2.24) is 4.98 Å². The lowest BCUT2D eigenvalue weighted by atomic mass is 9.98. The number of carbonyl (C=O) groups is 1. The van der Waals surface area contributed by atoms with Gasteiger partial charge in [-0.25, -0.2) is 4.39 Å². The monoisotopic (exact) mass is 452 g/mol. The lowest BCUT2D eigenvalue weighted by molar-refractivity contribution is 0.103. The molecule has 4 rings (SSSR count). The SMILES string of the molecule is O=C(c1ccc(N2CC[C@H](CCc3ccc(F)cn3)C2)c(CCO)c1)c1ccccc1Cl. The number of halogens is 2. The first-order valence-electron chi connectivity index (χ1n) is 10.9. The van der Waals surface area contributed by atoms with E-state index in [0.29, 0.717) is 28.5 Å².